The quantitative estimate of drug-likeness (QED) is 0.170. The van der Waals surface area contributed by atoms with Crippen molar-refractivity contribution in [1.29, 1.82) is 0 Å². The number of para-hydroxylation sites is 1. The van der Waals surface area contributed by atoms with Crippen LogP contribution in [0.1, 0.15) is 0 Å². The minimum Gasteiger partial charge on any atom is -0.455 e. The maximum absolute atomic E-state index is 6.58. The van der Waals surface area contributed by atoms with Gasteiger partial charge in [-0.05, 0) is 69.3 Å². The van der Waals surface area contributed by atoms with E-state index in [0.29, 0.717) is 0 Å². The topological polar surface area (TPSA) is 12.5 Å². The molecule has 0 N–H and O–H groups in total. The third-order valence-corrected chi connectivity index (χ3v) is 21.2. The highest BCUT2D eigenvalue weighted by Crippen LogP contribution is 2.55. The van der Waals surface area contributed by atoms with Crippen LogP contribution < -0.4 is 30.4 Å². The Morgan fingerprint density at radius 3 is 1.38 bits per heavy atom. The van der Waals surface area contributed by atoms with Gasteiger partial charge in [-0.15, -0.1) is 0 Å². The van der Waals surface area contributed by atoms with Gasteiger partial charge in [0.15, 0.2) is 0 Å². The molecule has 47 heavy (non-hydrogen) atoms. The summed E-state index contributed by atoms with van der Waals surface area (Å²) in [6, 6.07) is 47.1. The Labute approximate surface area is 291 Å². The molecule has 0 aromatic heterocycles. The average molecular weight is 696 g/mol. The average Bonchev–Trinajstić information content (AvgIpc) is 3.08. The maximum Gasteiger partial charge on any atom is 0.143 e. The first-order valence-corrected chi connectivity index (χ1v) is 24.5. The van der Waals surface area contributed by atoms with Gasteiger partial charge in [0.05, 0.1) is 26.9 Å². The van der Waals surface area contributed by atoms with Crippen LogP contribution in [0.5, 0.6) is 11.5 Å². The first kappa shape index (κ1) is 29.5. The standard InChI is InChI=1S/C40H33NOS3Si2/c1-46(2)34-22-9-7-20-32(34)44-39-27(15-12-24-36(39)46)41(26-14-11-18-30-38(26)43-31-19-6-5-17-29(31)42-30)28-16-13-25-37-40(28)45-33-21-8-10-23-35(33)47(37,3)4/h5-25H,1-4H3. The Hall–Kier alpha value is -3.60. The number of anilines is 3. The summed E-state index contributed by atoms with van der Waals surface area (Å²) in [5, 5.41) is 6.05. The van der Waals surface area contributed by atoms with Crippen LogP contribution in [0.25, 0.3) is 0 Å². The zero-order chi connectivity index (χ0) is 31.9. The van der Waals surface area contributed by atoms with Crippen molar-refractivity contribution in [3.63, 3.8) is 0 Å². The van der Waals surface area contributed by atoms with E-state index in [9.17, 15) is 0 Å². The minimum absolute atomic E-state index is 0.909. The number of rotatable bonds is 3. The predicted octanol–water partition coefficient (Wildman–Crippen LogP) is 9.99. The molecule has 0 aliphatic carbocycles. The summed E-state index contributed by atoms with van der Waals surface area (Å²) >= 11 is 5.69. The second-order valence-electron chi connectivity index (χ2n) is 13.3. The highest BCUT2D eigenvalue weighted by Gasteiger charge is 2.40. The summed E-state index contributed by atoms with van der Waals surface area (Å²) in [5.41, 5.74) is 3.63. The lowest BCUT2D eigenvalue weighted by molar-refractivity contribution is 0.455. The molecule has 3 heterocycles. The minimum atomic E-state index is -1.96. The molecule has 2 nitrogen and oxygen atoms in total. The van der Waals surface area contributed by atoms with E-state index in [1.54, 1.807) is 0 Å². The monoisotopic (exact) mass is 695 g/mol. The number of benzene rings is 6. The second kappa shape index (κ2) is 11.0. The lowest BCUT2D eigenvalue weighted by Crippen LogP contribution is -2.56. The largest absolute Gasteiger partial charge is 0.455 e. The van der Waals surface area contributed by atoms with Gasteiger partial charge in [0.25, 0.3) is 0 Å². The summed E-state index contributed by atoms with van der Waals surface area (Å²) in [6.45, 7) is 10.0. The fourth-order valence-electron chi connectivity index (χ4n) is 7.35. The van der Waals surface area contributed by atoms with Gasteiger partial charge in [-0.25, -0.2) is 0 Å². The molecule has 0 radical (unpaired) electrons. The summed E-state index contributed by atoms with van der Waals surface area (Å²) in [6.07, 6.45) is 0. The van der Waals surface area contributed by atoms with E-state index in [1.165, 1.54) is 51.7 Å². The zero-order valence-corrected chi connectivity index (χ0v) is 31.2. The number of nitrogens with zero attached hydrogens (tertiary/aromatic N) is 1. The van der Waals surface area contributed by atoms with Crippen LogP contribution in [-0.2, 0) is 0 Å². The summed E-state index contributed by atoms with van der Waals surface area (Å²) in [4.78, 5) is 10.4. The molecule has 0 unspecified atom stereocenters. The van der Waals surface area contributed by atoms with Crippen LogP contribution in [-0.4, -0.2) is 16.1 Å². The van der Waals surface area contributed by atoms with Crippen LogP contribution in [0.3, 0.4) is 0 Å². The van der Waals surface area contributed by atoms with E-state index in [4.69, 9.17) is 4.74 Å². The molecular formula is C40H33NOS3Si2. The first-order valence-electron chi connectivity index (χ1n) is 16.0. The normalized spacial score (nSPS) is 15.9. The Morgan fingerprint density at radius 1 is 0.404 bits per heavy atom. The molecule has 6 aromatic carbocycles. The number of fused-ring (bicyclic) bond motifs is 6. The molecule has 6 aromatic rings. The van der Waals surface area contributed by atoms with E-state index >= 15 is 0 Å². The van der Waals surface area contributed by atoms with Crippen molar-refractivity contribution in [3.8, 4) is 11.5 Å². The maximum atomic E-state index is 6.58. The molecule has 0 atom stereocenters. The smallest absolute Gasteiger partial charge is 0.143 e. The lowest BCUT2D eigenvalue weighted by atomic mass is 10.1. The second-order valence-corrected chi connectivity index (χ2v) is 25.2. The Morgan fingerprint density at radius 2 is 0.809 bits per heavy atom. The molecule has 7 heteroatoms. The fourth-order valence-corrected chi connectivity index (χ4v) is 19.5. The van der Waals surface area contributed by atoms with Gasteiger partial charge in [-0.3, -0.25) is 0 Å². The van der Waals surface area contributed by atoms with E-state index in [0.717, 1.165) is 27.0 Å². The van der Waals surface area contributed by atoms with Crippen molar-refractivity contribution in [2.45, 2.75) is 55.6 Å². The van der Waals surface area contributed by atoms with E-state index in [1.807, 2.05) is 35.3 Å². The van der Waals surface area contributed by atoms with Gasteiger partial charge in [0.1, 0.15) is 27.6 Å². The highest BCUT2D eigenvalue weighted by molar-refractivity contribution is 8.00. The van der Waals surface area contributed by atoms with E-state index in [2.05, 4.69) is 158 Å². The first-order chi connectivity index (χ1) is 22.8. The molecule has 3 aliphatic heterocycles. The number of hydrogen-bond acceptors (Lipinski definition) is 5. The molecule has 0 amide bonds. The lowest BCUT2D eigenvalue weighted by Gasteiger charge is -2.39. The van der Waals surface area contributed by atoms with Crippen LogP contribution >= 0.6 is 35.3 Å². The Balaban J connectivity index is 1.32. The van der Waals surface area contributed by atoms with Crippen LogP contribution in [0.15, 0.2) is 157 Å². The summed E-state index contributed by atoms with van der Waals surface area (Å²) < 4.78 is 6.58. The van der Waals surface area contributed by atoms with E-state index in [-0.39, 0.29) is 0 Å². The molecular weight excluding hydrogens is 663 g/mol. The third kappa shape index (κ3) is 4.55. The summed E-state index contributed by atoms with van der Waals surface area (Å²) in [5.74, 6) is 1.83. The van der Waals surface area contributed by atoms with Crippen molar-refractivity contribution in [2.75, 3.05) is 4.90 Å². The van der Waals surface area contributed by atoms with Gasteiger partial charge in [-0.2, -0.15) is 0 Å². The molecule has 0 fully saturated rings. The molecule has 0 bridgehead atoms. The fraction of sp³-hybridized carbons (Fsp3) is 0.100. The van der Waals surface area contributed by atoms with Gasteiger partial charge >= 0.3 is 0 Å². The molecule has 230 valence electrons. The molecule has 9 rings (SSSR count). The van der Waals surface area contributed by atoms with Crippen molar-refractivity contribution in [3.05, 3.63) is 127 Å². The highest BCUT2D eigenvalue weighted by atomic mass is 32.2. The van der Waals surface area contributed by atoms with Crippen molar-refractivity contribution >= 4 is 89.2 Å². The molecule has 0 saturated heterocycles. The summed E-state index contributed by atoms with van der Waals surface area (Å²) in [7, 11) is -3.92. The predicted molar refractivity (Wildman–Crippen MR) is 206 cm³/mol. The van der Waals surface area contributed by atoms with E-state index < -0.39 is 16.1 Å². The Kier molecular flexibility index (Phi) is 6.89. The van der Waals surface area contributed by atoms with Crippen LogP contribution in [0, 0.1) is 0 Å². The van der Waals surface area contributed by atoms with Crippen molar-refractivity contribution in [2.24, 2.45) is 0 Å². The van der Waals surface area contributed by atoms with Crippen LogP contribution in [0.4, 0.5) is 17.1 Å². The van der Waals surface area contributed by atoms with Crippen molar-refractivity contribution < 1.29 is 4.74 Å². The molecule has 0 saturated carbocycles. The van der Waals surface area contributed by atoms with Gasteiger partial charge in [0.2, 0.25) is 0 Å². The van der Waals surface area contributed by atoms with Gasteiger partial charge < -0.3 is 9.64 Å². The third-order valence-electron chi connectivity index (χ3n) is 9.84. The van der Waals surface area contributed by atoms with Gasteiger partial charge in [-0.1, -0.05) is 140 Å². The van der Waals surface area contributed by atoms with Crippen LogP contribution in [0.2, 0.25) is 26.2 Å². The Bertz CT molecular complexity index is 2140. The number of ether oxygens (including phenoxy) is 1. The zero-order valence-electron chi connectivity index (χ0n) is 26.7. The molecule has 3 aliphatic rings. The van der Waals surface area contributed by atoms with Gasteiger partial charge in [0, 0.05) is 19.6 Å². The SMILES string of the molecule is C[Si]1(C)c2ccccc2Sc2c(N(c3cccc4c3Sc3ccccc3O4)c3cccc4c3Sc3ccccc3[Si]4(C)C)cccc21. The molecule has 0 spiro atoms. The van der Waals surface area contributed by atoms with Crippen molar-refractivity contribution in [1.82, 2.24) is 0 Å². The number of hydrogen-bond donors (Lipinski definition) is 0.